The van der Waals surface area contributed by atoms with Gasteiger partial charge < -0.3 is 9.47 Å². The lowest BCUT2D eigenvalue weighted by molar-refractivity contribution is 0.172. The van der Waals surface area contributed by atoms with Gasteiger partial charge in [0.2, 0.25) is 11.6 Å². The summed E-state index contributed by atoms with van der Waals surface area (Å²) >= 11 is 0. The van der Waals surface area contributed by atoms with E-state index in [2.05, 4.69) is 6.92 Å². The molecule has 1 aromatic carbocycles. The minimum Gasteiger partial charge on any atom is -0.490 e. The highest BCUT2D eigenvalue weighted by atomic mass is 19.2. The Bertz CT molecular complexity index is 497. The smallest absolute Gasteiger partial charge is 0.204 e. The van der Waals surface area contributed by atoms with Gasteiger partial charge in [0.15, 0.2) is 11.5 Å². The van der Waals surface area contributed by atoms with Crippen molar-refractivity contribution in [2.75, 3.05) is 13.2 Å². The molecule has 0 atom stereocenters. The molecule has 0 aliphatic heterocycles. The Balaban J connectivity index is 1.81. The molecule has 0 unspecified atom stereocenters. The van der Waals surface area contributed by atoms with E-state index in [0.717, 1.165) is 25.2 Å². The number of rotatable bonds is 9. The van der Waals surface area contributed by atoms with Crippen molar-refractivity contribution in [3.8, 4) is 11.5 Å². The molecule has 0 N–H and O–H groups in total. The van der Waals surface area contributed by atoms with E-state index in [1.807, 2.05) is 6.92 Å². The van der Waals surface area contributed by atoms with Crippen LogP contribution in [0.2, 0.25) is 0 Å². The van der Waals surface area contributed by atoms with Crippen LogP contribution in [0.4, 0.5) is 8.78 Å². The quantitative estimate of drug-likeness (QED) is 0.538. The zero-order valence-corrected chi connectivity index (χ0v) is 15.0. The Hall–Kier alpha value is -1.32. The van der Waals surface area contributed by atoms with E-state index in [1.54, 1.807) is 0 Å². The van der Waals surface area contributed by atoms with Gasteiger partial charge in [-0.1, -0.05) is 46.0 Å². The first-order valence-corrected chi connectivity index (χ1v) is 9.39. The summed E-state index contributed by atoms with van der Waals surface area (Å²) in [5.41, 5.74) is 0. The van der Waals surface area contributed by atoms with Crippen LogP contribution in [-0.4, -0.2) is 13.2 Å². The molecular weight excluding hydrogens is 310 g/mol. The second-order valence-corrected chi connectivity index (χ2v) is 6.88. The summed E-state index contributed by atoms with van der Waals surface area (Å²) in [7, 11) is 0. The van der Waals surface area contributed by atoms with E-state index in [0.29, 0.717) is 19.1 Å². The highest BCUT2D eigenvalue weighted by Crippen LogP contribution is 2.33. The van der Waals surface area contributed by atoms with E-state index >= 15 is 0 Å². The maximum absolute atomic E-state index is 14.1. The molecule has 1 saturated carbocycles. The molecule has 0 spiro atoms. The molecule has 2 nitrogen and oxygen atoms in total. The predicted octanol–water partition coefficient (Wildman–Crippen LogP) is 6.13. The van der Waals surface area contributed by atoms with Crippen LogP contribution in [0.25, 0.3) is 0 Å². The summed E-state index contributed by atoms with van der Waals surface area (Å²) < 4.78 is 38.8. The molecule has 0 amide bonds. The molecule has 0 radical (unpaired) electrons. The molecule has 0 saturated heterocycles. The first kappa shape index (κ1) is 19.0. The maximum atomic E-state index is 14.1. The average Bonchev–Trinajstić information content (AvgIpc) is 2.61. The molecule has 1 aliphatic rings. The van der Waals surface area contributed by atoms with Crippen molar-refractivity contribution in [1.82, 2.24) is 0 Å². The van der Waals surface area contributed by atoms with Gasteiger partial charge in [0.25, 0.3) is 0 Å². The van der Waals surface area contributed by atoms with Gasteiger partial charge in [-0.15, -0.1) is 0 Å². The van der Waals surface area contributed by atoms with Gasteiger partial charge >= 0.3 is 0 Å². The number of halogens is 2. The summed E-state index contributed by atoms with van der Waals surface area (Å²) in [6, 6.07) is 2.92. The first-order valence-electron chi connectivity index (χ1n) is 9.39. The largest absolute Gasteiger partial charge is 0.490 e. The Morgan fingerprint density at radius 3 is 2.04 bits per heavy atom. The molecule has 1 fully saturated rings. The van der Waals surface area contributed by atoms with Gasteiger partial charge in [-0.2, -0.15) is 8.78 Å². The van der Waals surface area contributed by atoms with Crippen molar-refractivity contribution >= 4 is 0 Å². The molecule has 0 heterocycles. The highest BCUT2D eigenvalue weighted by Gasteiger charge is 2.22. The molecule has 24 heavy (non-hydrogen) atoms. The minimum atomic E-state index is -0.954. The van der Waals surface area contributed by atoms with Crippen molar-refractivity contribution in [2.24, 2.45) is 11.8 Å². The first-order chi connectivity index (χ1) is 11.7. The summed E-state index contributed by atoms with van der Waals surface area (Å²) in [4.78, 5) is 0. The van der Waals surface area contributed by atoms with Gasteiger partial charge in [-0.25, -0.2) is 0 Å². The molecular formula is C20H30F2O2. The Morgan fingerprint density at radius 2 is 1.46 bits per heavy atom. The van der Waals surface area contributed by atoms with Crippen LogP contribution in [0.5, 0.6) is 11.5 Å². The van der Waals surface area contributed by atoms with Gasteiger partial charge in [0, 0.05) is 0 Å². The van der Waals surface area contributed by atoms with Crippen LogP contribution in [-0.2, 0) is 0 Å². The molecule has 0 aromatic heterocycles. The Labute approximate surface area is 144 Å². The molecule has 2 rings (SSSR count). The van der Waals surface area contributed by atoms with Crippen molar-refractivity contribution in [3.05, 3.63) is 23.8 Å². The summed E-state index contributed by atoms with van der Waals surface area (Å²) in [6.45, 7) is 4.98. The van der Waals surface area contributed by atoms with Gasteiger partial charge in [-0.3, -0.25) is 0 Å². The normalized spacial score (nSPS) is 20.8. The molecule has 4 heteroatoms. The number of hydrogen-bond donors (Lipinski definition) is 0. The molecule has 0 bridgehead atoms. The lowest BCUT2D eigenvalue weighted by Gasteiger charge is -2.28. The Kier molecular flexibility index (Phi) is 7.80. The fourth-order valence-corrected chi connectivity index (χ4v) is 3.34. The fraction of sp³-hybridized carbons (Fsp3) is 0.700. The summed E-state index contributed by atoms with van der Waals surface area (Å²) in [5.74, 6) is -0.668. The maximum Gasteiger partial charge on any atom is 0.204 e. The van der Waals surface area contributed by atoms with Crippen LogP contribution in [0.15, 0.2) is 12.1 Å². The number of hydrogen-bond acceptors (Lipinski definition) is 2. The van der Waals surface area contributed by atoms with Crippen LogP contribution < -0.4 is 9.47 Å². The van der Waals surface area contributed by atoms with Gasteiger partial charge in [-0.05, 0) is 43.2 Å². The van der Waals surface area contributed by atoms with E-state index in [1.165, 1.54) is 44.2 Å². The van der Waals surface area contributed by atoms with Crippen LogP contribution in [0, 0.1) is 23.5 Å². The molecule has 136 valence electrons. The highest BCUT2D eigenvalue weighted by molar-refractivity contribution is 5.35. The lowest BCUT2D eigenvalue weighted by atomic mass is 9.80. The minimum absolute atomic E-state index is 0.00976. The lowest BCUT2D eigenvalue weighted by Crippen LogP contribution is -2.20. The topological polar surface area (TPSA) is 18.5 Å². The number of ether oxygens (including phenoxy) is 2. The summed E-state index contributed by atoms with van der Waals surface area (Å²) in [6.07, 6.45) is 9.34. The van der Waals surface area contributed by atoms with E-state index in [-0.39, 0.29) is 11.5 Å². The predicted molar refractivity (Wildman–Crippen MR) is 92.6 cm³/mol. The third-order valence-electron chi connectivity index (χ3n) is 4.88. The molecule has 1 aliphatic carbocycles. The van der Waals surface area contributed by atoms with E-state index < -0.39 is 11.6 Å². The number of unbranched alkanes of at least 4 members (excludes halogenated alkanes) is 1. The fourth-order valence-electron chi connectivity index (χ4n) is 3.34. The van der Waals surface area contributed by atoms with E-state index in [4.69, 9.17) is 9.47 Å². The standard InChI is InChI=1S/C20H30F2O2/c1-3-5-6-15-7-9-16(10-8-15)14-24-18-12-11-17(23-13-4-2)19(21)20(18)22/h11-12,15-16H,3-10,13-14H2,1-2H3. The second-order valence-electron chi connectivity index (χ2n) is 6.88. The second kappa shape index (κ2) is 9.85. The van der Waals surface area contributed by atoms with Crippen molar-refractivity contribution < 1.29 is 18.3 Å². The van der Waals surface area contributed by atoms with Gasteiger partial charge in [0.05, 0.1) is 13.2 Å². The number of benzene rings is 1. The van der Waals surface area contributed by atoms with Crippen molar-refractivity contribution in [3.63, 3.8) is 0 Å². The monoisotopic (exact) mass is 340 g/mol. The average molecular weight is 340 g/mol. The van der Waals surface area contributed by atoms with Crippen molar-refractivity contribution in [2.45, 2.75) is 65.2 Å². The Morgan fingerprint density at radius 1 is 0.875 bits per heavy atom. The van der Waals surface area contributed by atoms with Crippen molar-refractivity contribution in [1.29, 1.82) is 0 Å². The van der Waals surface area contributed by atoms with Crippen LogP contribution in [0.3, 0.4) is 0 Å². The van der Waals surface area contributed by atoms with Crippen LogP contribution in [0.1, 0.15) is 65.2 Å². The third kappa shape index (κ3) is 5.35. The van der Waals surface area contributed by atoms with Gasteiger partial charge in [0.1, 0.15) is 0 Å². The summed E-state index contributed by atoms with van der Waals surface area (Å²) in [5, 5.41) is 0. The SMILES string of the molecule is CCCCC1CCC(COc2ccc(OCCC)c(F)c2F)CC1. The van der Waals surface area contributed by atoms with Crippen LogP contribution >= 0.6 is 0 Å². The zero-order chi connectivity index (χ0) is 17.4. The van der Waals surface area contributed by atoms with E-state index in [9.17, 15) is 8.78 Å². The molecule has 1 aromatic rings. The third-order valence-corrected chi connectivity index (χ3v) is 4.88. The zero-order valence-electron chi connectivity index (χ0n) is 15.0.